The Morgan fingerprint density at radius 2 is 0.753 bits per heavy atom. The summed E-state index contributed by atoms with van der Waals surface area (Å²) in [4.78, 5) is 20.6. The molecule has 0 aliphatic heterocycles. The summed E-state index contributed by atoms with van der Waals surface area (Å²) in [7, 11) is 0. The summed E-state index contributed by atoms with van der Waals surface area (Å²) in [6, 6.07) is 84.4. The van der Waals surface area contributed by atoms with E-state index in [4.69, 9.17) is 0 Å². The third kappa shape index (κ3) is 16.6. The van der Waals surface area contributed by atoms with Crippen molar-refractivity contribution in [2.24, 2.45) is 5.92 Å². The van der Waals surface area contributed by atoms with Gasteiger partial charge in [-0.15, -0.1) is 0 Å². The quantitative estimate of drug-likeness (QED) is 0.0805. The maximum Gasteiger partial charge on any atom is 0.140 e. The summed E-state index contributed by atoms with van der Waals surface area (Å²) in [5, 5.41) is 21.5. The molecule has 0 N–H and O–H groups in total. The van der Waals surface area contributed by atoms with Gasteiger partial charge in [0.05, 0.1) is 0 Å². The van der Waals surface area contributed by atoms with Crippen LogP contribution in [0.15, 0.2) is 255 Å². The molecule has 6 unspecified atom stereocenters. The van der Waals surface area contributed by atoms with Crippen LogP contribution in [0.25, 0.3) is 86.2 Å². The Labute approximate surface area is 555 Å². The van der Waals surface area contributed by atoms with Gasteiger partial charge in [0.1, 0.15) is 5.78 Å². The Balaban J connectivity index is 0.000000135. The summed E-state index contributed by atoms with van der Waals surface area (Å²) in [5.74, 6) is 3.58. The highest BCUT2D eigenvalue weighted by atomic mass is 16.1. The van der Waals surface area contributed by atoms with Crippen molar-refractivity contribution in [2.45, 2.75) is 158 Å². The first-order valence-electron chi connectivity index (χ1n) is 34.6. The topological polar surface area (TPSA) is 42.9 Å². The number of carbonyl (C=O) groups is 1. The molecular weight excluding hydrogens is 1130 g/mol. The lowest BCUT2D eigenvalue weighted by molar-refractivity contribution is -0.121. The van der Waals surface area contributed by atoms with Gasteiger partial charge in [0.2, 0.25) is 0 Å². The molecule has 0 saturated heterocycles. The third-order valence-corrected chi connectivity index (χ3v) is 19.7. The maximum absolute atomic E-state index is 12.4. The van der Waals surface area contributed by atoms with Crippen LogP contribution in [0.5, 0.6) is 0 Å². The largest absolute Gasteiger partial charge is 0.299 e. The number of pyridine rings is 2. The van der Waals surface area contributed by atoms with E-state index >= 15 is 0 Å². The molecule has 0 amide bonds. The first-order chi connectivity index (χ1) is 45.3. The number of aromatic nitrogens is 2. The lowest BCUT2D eigenvalue weighted by atomic mass is 9.86. The van der Waals surface area contributed by atoms with E-state index in [-0.39, 0.29) is 5.92 Å². The number of nitrogens with zero attached hydrogens (tertiary/aromatic N) is 2. The van der Waals surface area contributed by atoms with Gasteiger partial charge in [-0.2, -0.15) is 0 Å². The lowest BCUT2D eigenvalue weighted by Gasteiger charge is -2.17. The fourth-order valence-electron chi connectivity index (χ4n) is 12.8. The monoisotopic (exact) mass is 1220 g/mol. The van der Waals surface area contributed by atoms with Crippen molar-refractivity contribution < 1.29 is 4.79 Å². The molecule has 474 valence electrons. The van der Waals surface area contributed by atoms with Crippen molar-refractivity contribution in [3.63, 3.8) is 0 Å². The van der Waals surface area contributed by atoms with Crippen LogP contribution in [-0.4, -0.2) is 15.8 Å². The number of hydrogen-bond donors (Lipinski definition) is 0. The smallest absolute Gasteiger partial charge is 0.140 e. The zero-order valence-electron chi connectivity index (χ0n) is 57.5. The second-order valence-corrected chi connectivity index (χ2v) is 25.6. The van der Waals surface area contributed by atoms with Gasteiger partial charge in [-0.05, 0) is 219 Å². The average Bonchev–Trinajstić information content (AvgIpc) is 0.780. The maximum atomic E-state index is 12.4. The molecular formula is C90H98N2O. The normalized spacial score (nSPS) is 13.0. The van der Waals surface area contributed by atoms with E-state index in [0.717, 1.165) is 12.8 Å². The Morgan fingerprint density at radius 1 is 0.323 bits per heavy atom. The Hall–Kier alpha value is -9.05. The van der Waals surface area contributed by atoms with Crippen molar-refractivity contribution >= 4 is 92.0 Å². The first kappa shape index (κ1) is 68.3. The summed E-state index contributed by atoms with van der Waals surface area (Å²) in [6.45, 7) is 26.6. The highest BCUT2D eigenvalue weighted by Gasteiger charge is 2.18. The van der Waals surface area contributed by atoms with Gasteiger partial charge in [-0.25, -0.2) is 0 Å². The predicted octanol–water partition coefficient (Wildman–Crippen LogP) is 26.3. The van der Waals surface area contributed by atoms with Crippen LogP contribution in [0.3, 0.4) is 0 Å². The molecule has 0 spiro atoms. The average molecular weight is 1220 g/mol. The van der Waals surface area contributed by atoms with Crippen LogP contribution in [0.1, 0.15) is 185 Å². The van der Waals surface area contributed by atoms with Crippen LogP contribution in [-0.2, 0) is 11.2 Å². The van der Waals surface area contributed by atoms with E-state index < -0.39 is 0 Å². The molecule has 2 aromatic heterocycles. The fourth-order valence-corrected chi connectivity index (χ4v) is 12.8. The van der Waals surface area contributed by atoms with Gasteiger partial charge in [0.25, 0.3) is 0 Å². The van der Waals surface area contributed by atoms with Crippen LogP contribution in [0, 0.1) is 5.92 Å². The van der Waals surface area contributed by atoms with E-state index in [9.17, 15) is 4.79 Å². The molecule has 14 aromatic rings. The first-order valence-corrected chi connectivity index (χ1v) is 34.6. The van der Waals surface area contributed by atoms with Gasteiger partial charge < -0.3 is 0 Å². The minimum Gasteiger partial charge on any atom is -0.299 e. The summed E-state index contributed by atoms with van der Waals surface area (Å²) < 4.78 is 0. The highest BCUT2D eigenvalue weighted by Crippen LogP contribution is 2.40. The van der Waals surface area contributed by atoms with Gasteiger partial charge in [-0.1, -0.05) is 283 Å². The molecule has 0 saturated carbocycles. The SMILES string of the molecule is CCC(C)C(=O)Cc1c2ccccc2cc2ccccc12.CCC(C)c1c2ccccc2cc2ccccc12.CCC(C)c1cc2cccc3ccc4cccc1c4c32.CCC(C)c1cccc2ccccc12.CCC(C)c1ccccn1.CCC(C)c1ccncc1. The molecule has 0 bridgehead atoms. The third-order valence-electron chi connectivity index (χ3n) is 19.7. The van der Waals surface area contributed by atoms with Gasteiger partial charge in [0.15, 0.2) is 0 Å². The van der Waals surface area contributed by atoms with Crippen LogP contribution in [0.2, 0.25) is 0 Å². The van der Waals surface area contributed by atoms with Gasteiger partial charge in [0, 0.05) is 36.6 Å². The zero-order chi connectivity index (χ0) is 65.8. The van der Waals surface area contributed by atoms with E-state index in [1.165, 1.54) is 145 Å². The van der Waals surface area contributed by atoms with E-state index in [0.29, 0.717) is 41.8 Å². The van der Waals surface area contributed by atoms with E-state index in [1.54, 1.807) is 0 Å². The second kappa shape index (κ2) is 33.5. The zero-order valence-corrected chi connectivity index (χ0v) is 57.5. The standard InChI is InChI=1S/C20H20O.C20H18.C18H18.C14H16.2C9H13N/c1-3-14(2)20(21)13-19-17-10-6-4-8-15(17)12-16-9-5-7-11-18(16)19;1-3-13(2)18-12-16-8-4-6-14-10-11-15-7-5-9-17(18)20(15)19(14)16;1-3-13(2)18-16-10-6-4-8-14(16)12-15-9-5-7-11-17(15)18;1-3-11(2)13-10-6-8-12-7-4-5-9-14(12)13;1-3-8(2)9-4-6-10-7-5-9;1-3-8(2)9-6-4-5-7-10-9/h4-12,14H,3,13H2,1-2H3;4-13H,3H2,1-2H3;4-13H,3H2,1-2H3;4-11H,3H2,1-2H3;2*4-8H,3H2,1-2H3. The predicted molar refractivity (Wildman–Crippen MR) is 407 cm³/mol. The molecule has 0 aliphatic rings. The molecule has 6 atom stereocenters. The van der Waals surface area contributed by atoms with Crippen LogP contribution < -0.4 is 0 Å². The van der Waals surface area contributed by atoms with Gasteiger partial charge in [-0.3, -0.25) is 14.8 Å². The van der Waals surface area contributed by atoms with Crippen LogP contribution >= 0.6 is 0 Å². The summed E-state index contributed by atoms with van der Waals surface area (Å²) in [5.41, 5.74) is 8.23. The molecule has 0 radical (unpaired) electrons. The van der Waals surface area contributed by atoms with Crippen LogP contribution in [0.4, 0.5) is 0 Å². The number of fused-ring (bicyclic) bond motifs is 5. The molecule has 2 heterocycles. The number of hydrogen-bond acceptors (Lipinski definition) is 3. The molecule has 0 fully saturated rings. The highest BCUT2D eigenvalue weighted by molar-refractivity contribution is 6.24. The van der Waals surface area contributed by atoms with Crippen molar-refractivity contribution in [3.05, 3.63) is 289 Å². The molecule has 93 heavy (non-hydrogen) atoms. The molecule has 3 nitrogen and oxygen atoms in total. The molecule has 14 rings (SSSR count). The summed E-state index contributed by atoms with van der Waals surface area (Å²) in [6.07, 6.45) is 12.9. The fraction of sp³-hybridized carbons (Fsp3) is 0.278. The number of carbonyl (C=O) groups excluding carboxylic acids is 1. The summed E-state index contributed by atoms with van der Waals surface area (Å²) >= 11 is 0. The minimum absolute atomic E-state index is 0.128. The van der Waals surface area contributed by atoms with Crippen molar-refractivity contribution in [1.82, 2.24) is 9.97 Å². The van der Waals surface area contributed by atoms with E-state index in [1.807, 2.05) is 49.8 Å². The van der Waals surface area contributed by atoms with Gasteiger partial charge >= 0.3 is 0 Å². The second-order valence-electron chi connectivity index (χ2n) is 25.6. The number of benzene rings is 12. The number of rotatable bonds is 14. The Bertz CT molecular complexity index is 4490. The molecule has 0 aliphatic carbocycles. The van der Waals surface area contributed by atoms with Crippen molar-refractivity contribution in [1.29, 1.82) is 0 Å². The molecule has 3 heteroatoms. The Morgan fingerprint density at radius 3 is 1.29 bits per heavy atom. The number of Topliss-reactive ketones (excluding diaryl/α,β-unsaturated/α-hetero) is 1. The minimum atomic E-state index is 0.128. The lowest BCUT2D eigenvalue weighted by Crippen LogP contribution is -2.13. The van der Waals surface area contributed by atoms with E-state index in [2.05, 4.69) is 298 Å². The number of ketones is 1. The Kier molecular flexibility index (Phi) is 24.6. The van der Waals surface area contributed by atoms with Crippen molar-refractivity contribution in [3.8, 4) is 0 Å². The van der Waals surface area contributed by atoms with Crippen molar-refractivity contribution in [2.75, 3.05) is 0 Å². The molecule has 12 aromatic carbocycles.